The quantitative estimate of drug-likeness (QED) is 0.179. The Morgan fingerprint density at radius 3 is 2.38 bits per heavy atom. The van der Waals surface area contributed by atoms with E-state index in [0.29, 0.717) is 22.6 Å². The Balaban J connectivity index is 1.62. The first-order chi connectivity index (χ1) is 16.6. The van der Waals surface area contributed by atoms with Crippen LogP contribution in [0.4, 0.5) is 5.69 Å². The van der Waals surface area contributed by atoms with Crippen molar-refractivity contribution < 1.29 is 19.1 Å². The Labute approximate surface area is 196 Å². The molecule has 0 heterocycles. The van der Waals surface area contributed by atoms with Crippen LogP contribution in [0.15, 0.2) is 96.6 Å². The van der Waals surface area contributed by atoms with Gasteiger partial charge in [-0.25, -0.2) is 4.79 Å². The van der Waals surface area contributed by atoms with E-state index < -0.39 is 11.9 Å². The highest BCUT2D eigenvalue weighted by Crippen LogP contribution is 2.30. The molecule has 0 aromatic heterocycles. The molecule has 0 unspecified atom stereocenters. The summed E-state index contributed by atoms with van der Waals surface area (Å²) >= 11 is 0. The maximum Gasteiger partial charge on any atom is 0.344 e. The van der Waals surface area contributed by atoms with Crippen LogP contribution in [0.25, 0.3) is 16.8 Å². The van der Waals surface area contributed by atoms with Crippen LogP contribution in [0.1, 0.15) is 15.9 Å². The smallest absolute Gasteiger partial charge is 0.344 e. The first-order valence-corrected chi connectivity index (χ1v) is 10.4. The van der Waals surface area contributed by atoms with E-state index in [2.05, 4.69) is 5.32 Å². The number of hydrogen-bond acceptors (Lipinski definition) is 5. The van der Waals surface area contributed by atoms with Crippen molar-refractivity contribution >= 4 is 34.4 Å². The van der Waals surface area contributed by atoms with Crippen molar-refractivity contribution in [3.8, 4) is 17.6 Å². The molecule has 0 fully saturated rings. The highest BCUT2D eigenvalue weighted by atomic mass is 16.6. The number of nitrogens with zero attached hydrogens (tertiary/aromatic N) is 1. The van der Waals surface area contributed by atoms with E-state index in [0.717, 1.165) is 10.8 Å². The molecule has 166 valence electrons. The van der Waals surface area contributed by atoms with Gasteiger partial charge in [0, 0.05) is 5.69 Å². The SMILES string of the molecule is COc1ccc(/C=C(\C#N)C(=O)Nc2ccccc2)cc1OC(=O)c1cccc2ccccc12. The van der Waals surface area contributed by atoms with Crippen LogP contribution in [-0.2, 0) is 4.79 Å². The van der Waals surface area contributed by atoms with E-state index in [-0.39, 0.29) is 11.3 Å². The highest BCUT2D eigenvalue weighted by Gasteiger charge is 2.16. The molecule has 0 aliphatic rings. The minimum absolute atomic E-state index is 0.0969. The summed E-state index contributed by atoms with van der Waals surface area (Å²) in [6, 6.07) is 28.5. The molecule has 0 radical (unpaired) electrons. The number of nitrogens with one attached hydrogen (secondary N) is 1. The summed E-state index contributed by atoms with van der Waals surface area (Å²) in [6.45, 7) is 0. The van der Waals surface area contributed by atoms with Gasteiger partial charge < -0.3 is 14.8 Å². The number of esters is 1. The second-order valence-electron chi connectivity index (χ2n) is 7.32. The Morgan fingerprint density at radius 1 is 0.882 bits per heavy atom. The first kappa shape index (κ1) is 22.3. The topological polar surface area (TPSA) is 88.4 Å². The molecule has 0 saturated carbocycles. The number of rotatable bonds is 6. The summed E-state index contributed by atoms with van der Waals surface area (Å²) in [4.78, 5) is 25.5. The van der Waals surface area contributed by atoms with E-state index >= 15 is 0 Å². The lowest BCUT2D eigenvalue weighted by Gasteiger charge is -2.11. The Morgan fingerprint density at radius 2 is 1.62 bits per heavy atom. The third-order valence-corrected chi connectivity index (χ3v) is 5.11. The number of nitriles is 1. The predicted molar refractivity (Wildman–Crippen MR) is 131 cm³/mol. The van der Waals surface area contributed by atoms with Crippen molar-refractivity contribution in [1.29, 1.82) is 5.26 Å². The van der Waals surface area contributed by atoms with E-state index in [1.165, 1.54) is 13.2 Å². The van der Waals surface area contributed by atoms with Crippen LogP contribution in [0.3, 0.4) is 0 Å². The van der Waals surface area contributed by atoms with Gasteiger partial charge in [0.25, 0.3) is 5.91 Å². The van der Waals surface area contributed by atoms with Crippen molar-refractivity contribution in [3.05, 3.63) is 108 Å². The number of hydrogen-bond donors (Lipinski definition) is 1. The summed E-state index contributed by atoms with van der Waals surface area (Å²) in [5, 5.41) is 13.9. The number of ether oxygens (including phenoxy) is 2. The van der Waals surface area contributed by atoms with Gasteiger partial charge in [-0.05, 0) is 52.7 Å². The number of methoxy groups -OCH3 is 1. The zero-order valence-electron chi connectivity index (χ0n) is 18.3. The first-order valence-electron chi connectivity index (χ1n) is 10.4. The Bertz CT molecular complexity index is 1430. The monoisotopic (exact) mass is 448 g/mol. The predicted octanol–water partition coefficient (Wildman–Crippen LogP) is 5.61. The normalized spacial score (nSPS) is 10.9. The standard InChI is InChI=1S/C28H20N2O4/c1-33-25-15-14-19(16-21(18-29)27(31)30-22-10-3-2-4-11-22)17-26(25)34-28(32)24-13-7-9-20-8-5-6-12-23(20)24/h2-17H,1H3,(H,30,31)/b21-16+. The molecule has 6 heteroatoms. The molecule has 0 aliphatic heterocycles. The van der Waals surface area contributed by atoms with Crippen LogP contribution >= 0.6 is 0 Å². The zero-order chi connectivity index (χ0) is 23.9. The van der Waals surface area contributed by atoms with Crippen LogP contribution < -0.4 is 14.8 Å². The number of fused-ring (bicyclic) bond motifs is 1. The lowest BCUT2D eigenvalue weighted by molar-refractivity contribution is -0.112. The second kappa shape index (κ2) is 10.2. The lowest BCUT2D eigenvalue weighted by Crippen LogP contribution is -2.13. The number of benzene rings is 4. The molecule has 4 rings (SSSR count). The molecule has 0 atom stereocenters. The van der Waals surface area contributed by atoms with E-state index in [1.54, 1.807) is 54.6 Å². The number of anilines is 1. The van der Waals surface area contributed by atoms with E-state index in [4.69, 9.17) is 9.47 Å². The number of amides is 1. The summed E-state index contributed by atoms with van der Waals surface area (Å²) < 4.78 is 11.0. The van der Waals surface area contributed by atoms with Gasteiger partial charge in [0.15, 0.2) is 11.5 Å². The van der Waals surface area contributed by atoms with Crippen molar-refractivity contribution in [2.45, 2.75) is 0 Å². The zero-order valence-corrected chi connectivity index (χ0v) is 18.3. The molecule has 6 nitrogen and oxygen atoms in total. The number of carbonyl (C=O) groups is 2. The molecule has 1 amide bonds. The fraction of sp³-hybridized carbons (Fsp3) is 0.0357. The number of carbonyl (C=O) groups excluding carboxylic acids is 2. The van der Waals surface area contributed by atoms with Gasteiger partial charge in [0.1, 0.15) is 11.6 Å². The fourth-order valence-corrected chi connectivity index (χ4v) is 3.46. The molecule has 0 aliphatic carbocycles. The Kier molecular flexibility index (Phi) is 6.66. The maximum atomic E-state index is 13.0. The summed E-state index contributed by atoms with van der Waals surface area (Å²) in [7, 11) is 1.47. The van der Waals surface area contributed by atoms with Crippen molar-refractivity contribution in [3.63, 3.8) is 0 Å². The average Bonchev–Trinajstić information content (AvgIpc) is 2.87. The lowest BCUT2D eigenvalue weighted by atomic mass is 10.0. The minimum atomic E-state index is -0.543. The minimum Gasteiger partial charge on any atom is -0.493 e. The van der Waals surface area contributed by atoms with Crippen LogP contribution in [0.2, 0.25) is 0 Å². The molecule has 4 aromatic carbocycles. The molecule has 4 aromatic rings. The second-order valence-corrected chi connectivity index (χ2v) is 7.32. The van der Waals surface area contributed by atoms with Gasteiger partial charge in [0.05, 0.1) is 12.7 Å². The van der Waals surface area contributed by atoms with Gasteiger partial charge in [-0.1, -0.05) is 60.7 Å². The van der Waals surface area contributed by atoms with Crippen LogP contribution in [0.5, 0.6) is 11.5 Å². The van der Waals surface area contributed by atoms with Crippen molar-refractivity contribution in [1.82, 2.24) is 0 Å². The largest absolute Gasteiger partial charge is 0.493 e. The fourth-order valence-electron chi connectivity index (χ4n) is 3.46. The summed E-state index contributed by atoms with van der Waals surface area (Å²) in [6.07, 6.45) is 1.42. The maximum absolute atomic E-state index is 13.0. The van der Waals surface area contributed by atoms with Gasteiger partial charge in [-0.3, -0.25) is 4.79 Å². The van der Waals surface area contributed by atoms with Crippen LogP contribution in [0, 0.1) is 11.3 Å². The molecule has 0 spiro atoms. The van der Waals surface area contributed by atoms with Crippen molar-refractivity contribution in [2.75, 3.05) is 12.4 Å². The molecular weight excluding hydrogens is 428 g/mol. The van der Waals surface area contributed by atoms with E-state index in [9.17, 15) is 14.9 Å². The van der Waals surface area contributed by atoms with Gasteiger partial charge in [0.2, 0.25) is 0 Å². The molecule has 34 heavy (non-hydrogen) atoms. The average molecular weight is 448 g/mol. The number of para-hydroxylation sites is 1. The highest BCUT2D eigenvalue weighted by molar-refractivity contribution is 6.09. The molecule has 1 N–H and O–H groups in total. The van der Waals surface area contributed by atoms with Gasteiger partial charge in [-0.2, -0.15) is 5.26 Å². The summed E-state index contributed by atoms with van der Waals surface area (Å²) in [5.41, 5.74) is 1.40. The molecular formula is C28H20N2O4. The van der Waals surface area contributed by atoms with Gasteiger partial charge >= 0.3 is 5.97 Å². The third kappa shape index (κ3) is 4.95. The Hall–Kier alpha value is -4.89. The van der Waals surface area contributed by atoms with Crippen LogP contribution in [-0.4, -0.2) is 19.0 Å². The van der Waals surface area contributed by atoms with E-state index in [1.807, 2.05) is 42.5 Å². The van der Waals surface area contributed by atoms with Crippen molar-refractivity contribution in [2.24, 2.45) is 0 Å². The molecule has 0 bridgehead atoms. The summed E-state index contributed by atoms with van der Waals surface area (Å²) in [5.74, 6) is -0.565. The third-order valence-electron chi connectivity index (χ3n) is 5.11. The molecule has 0 saturated heterocycles. The van der Waals surface area contributed by atoms with Gasteiger partial charge in [-0.15, -0.1) is 0 Å².